The lowest BCUT2D eigenvalue weighted by Gasteiger charge is -2.29. The Morgan fingerprint density at radius 2 is 1.77 bits per heavy atom. The van der Waals surface area contributed by atoms with E-state index in [0.717, 1.165) is 11.8 Å². The van der Waals surface area contributed by atoms with Crippen LogP contribution in [-0.4, -0.2) is 34.9 Å². The summed E-state index contributed by atoms with van der Waals surface area (Å²) in [6, 6.07) is 7.23. The molecule has 0 atom stereocenters. The first kappa shape index (κ1) is 20.0. The van der Waals surface area contributed by atoms with Gasteiger partial charge in [0, 0.05) is 18.9 Å². The first-order valence-corrected chi connectivity index (χ1v) is 9.17. The van der Waals surface area contributed by atoms with Crippen LogP contribution < -0.4 is 5.43 Å². The topological polar surface area (TPSA) is 89.4 Å². The van der Waals surface area contributed by atoms with Crippen molar-refractivity contribution in [3.8, 4) is 0 Å². The maximum absolute atomic E-state index is 11.9. The summed E-state index contributed by atoms with van der Waals surface area (Å²) in [5, 5.41) is 5.26. The van der Waals surface area contributed by atoms with E-state index in [4.69, 9.17) is 21.1 Å². The van der Waals surface area contributed by atoms with Gasteiger partial charge in [-0.25, -0.2) is 14.6 Å². The van der Waals surface area contributed by atoms with Crippen LogP contribution in [0.5, 0.6) is 0 Å². The third-order valence-corrected chi connectivity index (χ3v) is 4.04. The zero-order chi connectivity index (χ0) is 19.3. The number of cyclic esters (lactones) is 2. The number of hydrogen-bond donors (Lipinski definition) is 1. The maximum atomic E-state index is 11.9. The van der Waals surface area contributed by atoms with E-state index in [-0.39, 0.29) is 5.57 Å². The average molecular weight is 396 g/mol. The Morgan fingerprint density at radius 1 is 1.19 bits per heavy atom. The second-order valence-electron chi connectivity index (χ2n) is 5.68. The van der Waals surface area contributed by atoms with Crippen LogP contribution in [0.25, 0.3) is 0 Å². The van der Waals surface area contributed by atoms with Crippen molar-refractivity contribution in [2.24, 2.45) is 10.1 Å². The van der Waals surface area contributed by atoms with E-state index < -0.39 is 17.7 Å². The van der Waals surface area contributed by atoms with Crippen LogP contribution in [0.4, 0.5) is 0 Å². The van der Waals surface area contributed by atoms with E-state index in [1.54, 1.807) is 18.4 Å². The van der Waals surface area contributed by atoms with E-state index in [9.17, 15) is 9.59 Å². The molecule has 0 unspecified atom stereocenters. The number of hydrogen-bond acceptors (Lipinski definition) is 7. The Kier molecular flexibility index (Phi) is 6.44. The molecular formula is C17H18ClN3O4S. The molecule has 0 bridgehead atoms. The number of amidine groups is 1. The SMILES string of the molecule is CSC(=NC=C1C(=O)OC(C)(C)OC1=O)N/N=C(\C)c1ccc(Cl)cc1. The van der Waals surface area contributed by atoms with Gasteiger partial charge in [-0.2, -0.15) is 5.10 Å². The molecule has 0 aromatic heterocycles. The smallest absolute Gasteiger partial charge is 0.350 e. The Morgan fingerprint density at radius 3 is 2.31 bits per heavy atom. The molecule has 0 saturated carbocycles. The number of benzene rings is 1. The zero-order valence-electron chi connectivity index (χ0n) is 14.7. The van der Waals surface area contributed by atoms with Crippen molar-refractivity contribution in [2.75, 3.05) is 6.26 Å². The minimum Gasteiger partial charge on any atom is -0.419 e. The zero-order valence-corrected chi connectivity index (χ0v) is 16.3. The maximum Gasteiger partial charge on any atom is 0.350 e. The highest BCUT2D eigenvalue weighted by Gasteiger charge is 2.38. The van der Waals surface area contributed by atoms with Crippen LogP contribution >= 0.6 is 23.4 Å². The van der Waals surface area contributed by atoms with Gasteiger partial charge in [0.2, 0.25) is 0 Å². The van der Waals surface area contributed by atoms with Crippen LogP contribution in [0.2, 0.25) is 5.02 Å². The van der Waals surface area contributed by atoms with Crippen molar-refractivity contribution in [3.63, 3.8) is 0 Å². The molecule has 0 amide bonds. The molecule has 1 N–H and O–H groups in total. The van der Waals surface area contributed by atoms with Gasteiger partial charge < -0.3 is 9.47 Å². The molecule has 7 nitrogen and oxygen atoms in total. The first-order chi connectivity index (χ1) is 12.2. The fourth-order valence-electron chi connectivity index (χ4n) is 1.90. The second-order valence-corrected chi connectivity index (χ2v) is 6.91. The van der Waals surface area contributed by atoms with Gasteiger partial charge in [-0.3, -0.25) is 5.43 Å². The number of halogens is 1. The van der Waals surface area contributed by atoms with Crippen LogP contribution in [-0.2, 0) is 19.1 Å². The fourth-order valence-corrected chi connectivity index (χ4v) is 2.32. The van der Waals surface area contributed by atoms with Crippen LogP contribution in [0, 0.1) is 0 Å². The molecule has 9 heteroatoms. The van der Waals surface area contributed by atoms with Gasteiger partial charge in [0.05, 0.1) is 11.9 Å². The molecule has 0 radical (unpaired) electrons. The van der Waals surface area contributed by atoms with Crippen LogP contribution in [0.1, 0.15) is 26.3 Å². The summed E-state index contributed by atoms with van der Waals surface area (Å²) >= 11 is 7.12. The third-order valence-electron chi connectivity index (χ3n) is 3.20. The van der Waals surface area contributed by atoms with Gasteiger partial charge in [-0.05, 0) is 30.9 Å². The summed E-state index contributed by atoms with van der Waals surface area (Å²) in [6.07, 6.45) is 2.88. The number of carbonyl (C=O) groups excluding carboxylic acids is 2. The van der Waals surface area contributed by atoms with Crippen LogP contribution in [0.15, 0.2) is 46.1 Å². The molecule has 2 rings (SSSR count). The molecule has 1 saturated heterocycles. The summed E-state index contributed by atoms with van der Waals surface area (Å²) in [5.74, 6) is -2.84. The van der Waals surface area contributed by atoms with Gasteiger partial charge in [-0.1, -0.05) is 35.5 Å². The lowest BCUT2D eigenvalue weighted by Crippen LogP contribution is -2.41. The van der Waals surface area contributed by atoms with E-state index in [1.807, 2.05) is 19.1 Å². The highest BCUT2D eigenvalue weighted by atomic mass is 35.5. The fraction of sp³-hybridized carbons (Fsp3) is 0.294. The quantitative estimate of drug-likeness (QED) is 0.211. The molecule has 1 fully saturated rings. The summed E-state index contributed by atoms with van der Waals surface area (Å²) in [5.41, 5.74) is 4.11. The van der Waals surface area contributed by atoms with Gasteiger partial charge >= 0.3 is 11.9 Å². The molecular weight excluding hydrogens is 378 g/mol. The van der Waals surface area contributed by atoms with Gasteiger partial charge in [0.15, 0.2) is 10.7 Å². The van der Waals surface area contributed by atoms with Crippen LogP contribution in [0.3, 0.4) is 0 Å². The van der Waals surface area contributed by atoms with E-state index in [2.05, 4.69) is 15.5 Å². The minimum absolute atomic E-state index is 0.281. The molecule has 1 aliphatic rings. The number of nitrogens with one attached hydrogen (secondary N) is 1. The summed E-state index contributed by atoms with van der Waals surface area (Å²) in [7, 11) is 0. The Hall–Kier alpha value is -2.32. The summed E-state index contributed by atoms with van der Waals surface area (Å²) < 4.78 is 10.0. The summed E-state index contributed by atoms with van der Waals surface area (Å²) in [4.78, 5) is 27.8. The lowest BCUT2D eigenvalue weighted by atomic mass is 10.1. The highest BCUT2D eigenvalue weighted by molar-refractivity contribution is 8.13. The Bertz CT molecular complexity index is 779. The van der Waals surface area contributed by atoms with Crippen molar-refractivity contribution < 1.29 is 19.1 Å². The first-order valence-electron chi connectivity index (χ1n) is 7.57. The van der Waals surface area contributed by atoms with Gasteiger partial charge in [0.25, 0.3) is 5.79 Å². The predicted molar refractivity (Wildman–Crippen MR) is 102 cm³/mol. The van der Waals surface area contributed by atoms with Crippen molar-refractivity contribution in [1.29, 1.82) is 0 Å². The number of nitrogens with zero attached hydrogens (tertiary/aromatic N) is 2. The minimum atomic E-state index is -1.28. The molecule has 138 valence electrons. The molecule has 1 aliphatic heterocycles. The second kappa shape index (κ2) is 8.37. The van der Waals surface area contributed by atoms with Crippen molar-refractivity contribution in [2.45, 2.75) is 26.6 Å². The highest BCUT2D eigenvalue weighted by Crippen LogP contribution is 2.22. The Labute approximate surface area is 160 Å². The van der Waals surface area contributed by atoms with Gasteiger partial charge in [-0.15, -0.1) is 0 Å². The monoisotopic (exact) mass is 395 g/mol. The van der Waals surface area contributed by atoms with Crippen molar-refractivity contribution >= 4 is 46.2 Å². The molecule has 26 heavy (non-hydrogen) atoms. The molecule has 1 heterocycles. The number of hydrazone groups is 1. The summed E-state index contributed by atoms with van der Waals surface area (Å²) in [6.45, 7) is 4.78. The molecule has 0 aliphatic carbocycles. The van der Waals surface area contributed by atoms with E-state index in [0.29, 0.717) is 15.9 Å². The number of esters is 2. The molecule has 1 aromatic carbocycles. The van der Waals surface area contributed by atoms with Gasteiger partial charge in [0.1, 0.15) is 0 Å². The molecule has 1 aromatic rings. The normalized spacial score (nSPS) is 17.5. The predicted octanol–water partition coefficient (Wildman–Crippen LogP) is 3.09. The van der Waals surface area contributed by atoms with Crippen molar-refractivity contribution in [1.82, 2.24) is 5.43 Å². The van der Waals surface area contributed by atoms with E-state index >= 15 is 0 Å². The number of carbonyl (C=O) groups is 2. The number of aliphatic imine (C=N–C) groups is 1. The lowest BCUT2D eigenvalue weighted by molar-refractivity contribution is -0.222. The Balaban J connectivity index is 2.12. The standard InChI is InChI=1S/C17H18ClN3O4S/c1-10(11-5-7-12(18)8-6-11)20-21-16(26-4)19-9-13-14(22)24-17(2,3)25-15(13)23/h5-9H,1-4H3,(H,19,21)/b20-10+. The third kappa shape index (κ3) is 5.34. The van der Waals surface area contributed by atoms with E-state index in [1.165, 1.54) is 25.6 Å². The van der Waals surface area contributed by atoms with Crippen molar-refractivity contribution in [3.05, 3.63) is 46.6 Å². The number of rotatable bonds is 3. The number of ether oxygens (including phenoxy) is 2. The largest absolute Gasteiger partial charge is 0.419 e. The molecule has 0 spiro atoms. The average Bonchev–Trinajstić information content (AvgIpc) is 2.56. The number of thioether (sulfide) groups is 1.